The average molecular weight is 349 g/mol. The van der Waals surface area contributed by atoms with Gasteiger partial charge in [0.2, 0.25) is 0 Å². The van der Waals surface area contributed by atoms with E-state index in [1.165, 1.54) is 0 Å². The molecule has 0 aromatic rings. The number of aliphatic carboxylic acids is 1. The highest BCUT2D eigenvalue weighted by atomic mass is 17.1. The van der Waals surface area contributed by atoms with Gasteiger partial charge in [-0.2, -0.15) is 0 Å². The summed E-state index contributed by atoms with van der Waals surface area (Å²) in [6.07, 6.45) is 21.1. The molecule has 140 valence electrons. The number of hydrogen-bond donors (Lipinski definition) is 2. The normalized spacial score (nSPS) is 15.3. The van der Waals surface area contributed by atoms with Gasteiger partial charge in [-0.05, 0) is 38.5 Å². The Balaban J connectivity index is 3.86. The fraction of sp³-hybridized carbons (Fsp3) is 0.450. The van der Waals surface area contributed by atoms with Crippen molar-refractivity contribution in [2.24, 2.45) is 0 Å². The first kappa shape index (κ1) is 23.1. The molecule has 0 aliphatic heterocycles. The highest BCUT2D eigenvalue weighted by Gasteiger charge is 2.03. The molecule has 0 amide bonds. The van der Waals surface area contributed by atoms with Gasteiger partial charge in [0.25, 0.3) is 0 Å². The van der Waals surface area contributed by atoms with E-state index in [-0.39, 0.29) is 12.5 Å². The molecule has 5 nitrogen and oxygen atoms in total. The molecule has 0 saturated carbocycles. The van der Waals surface area contributed by atoms with Crippen molar-refractivity contribution >= 4 is 5.97 Å². The molecule has 0 rings (SSSR count). The van der Waals surface area contributed by atoms with E-state index in [0.29, 0.717) is 12.8 Å². The number of allylic oxidation sites excluding steroid dienone is 8. The molecule has 0 fully saturated rings. The van der Waals surface area contributed by atoms with Gasteiger partial charge in [0.05, 0.1) is 6.10 Å². The third-order valence-electron chi connectivity index (χ3n) is 3.29. The number of carboxylic acids is 1. The lowest BCUT2D eigenvalue weighted by molar-refractivity contribution is -0.306. The maximum Gasteiger partial charge on any atom is 0.111 e. The van der Waals surface area contributed by atoms with Crippen LogP contribution in [0.25, 0.3) is 0 Å². The third-order valence-corrected chi connectivity index (χ3v) is 3.29. The van der Waals surface area contributed by atoms with Crippen molar-refractivity contribution < 1.29 is 25.2 Å². The minimum Gasteiger partial charge on any atom is -0.550 e. The highest BCUT2D eigenvalue weighted by Crippen LogP contribution is 2.05. The minimum absolute atomic E-state index is 0.0439. The van der Waals surface area contributed by atoms with Crippen LogP contribution >= 0.6 is 0 Å². The lowest BCUT2D eigenvalue weighted by Gasteiger charge is -2.08. The van der Waals surface area contributed by atoms with Gasteiger partial charge in [-0.1, -0.05) is 67.7 Å². The number of carbonyl (C=O) groups excluding carboxylic acids is 1. The van der Waals surface area contributed by atoms with Crippen LogP contribution in [0.3, 0.4) is 0 Å². The van der Waals surface area contributed by atoms with Gasteiger partial charge in [0.15, 0.2) is 0 Å². The smallest absolute Gasteiger partial charge is 0.111 e. The Hall–Kier alpha value is -1.95. The monoisotopic (exact) mass is 349 g/mol. The van der Waals surface area contributed by atoms with E-state index < -0.39 is 12.1 Å². The molecule has 0 bridgehead atoms. The summed E-state index contributed by atoms with van der Waals surface area (Å²) in [6.45, 7) is 1.93. The number of aliphatic hydroxyl groups excluding tert-OH is 1. The van der Waals surface area contributed by atoms with Gasteiger partial charge in [0, 0.05) is 5.97 Å². The molecule has 25 heavy (non-hydrogen) atoms. The molecule has 0 heterocycles. The molecule has 5 heteroatoms. The predicted octanol–water partition coefficient (Wildman–Crippen LogP) is 3.10. The number of rotatable bonds is 14. The van der Waals surface area contributed by atoms with Crippen molar-refractivity contribution in [3.05, 3.63) is 60.8 Å². The van der Waals surface area contributed by atoms with Gasteiger partial charge in [-0.15, -0.1) is 0 Å². The van der Waals surface area contributed by atoms with Crippen LogP contribution in [-0.4, -0.2) is 28.5 Å². The molecule has 0 saturated heterocycles. The highest BCUT2D eigenvalue weighted by molar-refractivity contribution is 5.64. The summed E-state index contributed by atoms with van der Waals surface area (Å²) >= 11 is 0. The Kier molecular flexibility index (Phi) is 15.6. The fourth-order valence-electron chi connectivity index (χ4n) is 1.81. The van der Waals surface area contributed by atoms with Gasteiger partial charge in [-0.25, -0.2) is 4.89 Å². The van der Waals surface area contributed by atoms with Gasteiger partial charge in [-0.3, -0.25) is 5.26 Å². The van der Waals surface area contributed by atoms with E-state index in [0.717, 1.165) is 19.3 Å². The topological polar surface area (TPSA) is 89.8 Å². The molecule has 0 radical (unpaired) electrons. The lowest BCUT2D eigenvalue weighted by Crippen LogP contribution is -2.22. The fourth-order valence-corrected chi connectivity index (χ4v) is 1.81. The van der Waals surface area contributed by atoms with E-state index >= 15 is 0 Å². The zero-order chi connectivity index (χ0) is 18.8. The maximum absolute atomic E-state index is 10.3. The van der Waals surface area contributed by atoms with Crippen LogP contribution in [0.2, 0.25) is 0 Å². The molecule has 0 aromatic heterocycles. The summed E-state index contributed by atoms with van der Waals surface area (Å²) in [6, 6.07) is 0. The average Bonchev–Trinajstić information content (AvgIpc) is 2.60. The first-order chi connectivity index (χ1) is 12.1. The Bertz CT molecular complexity index is 474. The second-order valence-corrected chi connectivity index (χ2v) is 5.45. The van der Waals surface area contributed by atoms with Crippen molar-refractivity contribution in [2.75, 3.05) is 0 Å². The van der Waals surface area contributed by atoms with Crippen molar-refractivity contribution in [3.8, 4) is 0 Å². The number of aliphatic hydroxyl groups is 1. The van der Waals surface area contributed by atoms with Crippen molar-refractivity contribution in [2.45, 2.75) is 57.7 Å². The number of hydrogen-bond acceptors (Lipinski definition) is 5. The molecule has 2 N–H and O–H groups in total. The Morgan fingerprint density at radius 1 is 1.04 bits per heavy atom. The van der Waals surface area contributed by atoms with Crippen LogP contribution in [0, 0.1) is 0 Å². The quantitative estimate of drug-likeness (QED) is 0.218. The lowest BCUT2D eigenvalue weighted by atomic mass is 10.1. The Morgan fingerprint density at radius 3 is 2.16 bits per heavy atom. The molecular weight excluding hydrogens is 320 g/mol. The molecule has 0 aromatic carbocycles. The SMILES string of the molecule is CC[C@@H](O)/C=C/C=C\C/C=C\C/C=C\C=C\[C@H](CCCC(=O)[O-])OO. The van der Waals surface area contributed by atoms with E-state index in [9.17, 15) is 15.0 Å². The Morgan fingerprint density at radius 2 is 1.64 bits per heavy atom. The first-order valence-electron chi connectivity index (χ1n) is 8.59. The maximum atomic E-state index is 10.3. The zero-order valence-electron chi connectivity index (χ0n) is 14.8. The molecule has 0 aliphatic rings. The summed E-state index contributed by atoms with van der Waals surface area (Å²) in [4.78, 5) is 14.6. The van der Waals surface area contributed by atoms with Gasteiger partial charge < -0.3 is 15.0 Å². The number of carboxylic acid groups (broad SMARTS) is 1. The van der Waals surface area contributed by atoms with Crippen molar-refractivity contribution in [1.29, 1.82) is 0 Å². The Labute approximate surface area is 150 Å². The molecular formula is C20H29O5-. The van der Waals surface area contributed by atoms with Crippen molar-refractivity contribution in [3.63, 3.8) is 0 Å². The summed E-state index contributed by atoms with van der Waals surface area (Å²) in [5.41, 5.74) is 0. The van der Waals surface area contributed by atoms with Crippen LogP contribution in [0.1, 0.15) is 45.4 Å². The first-order valence-corrected chi connectivity index (χ1v) is 8.59. The second-order valence-electron chi connectivity index (χ2n) is 5.45. The third kappa shape index (κ3) is 16.7. The summed E-state index contributed by atoms with van der Waals surface area (Å²) in [7, 11) is 0. The molecule has 0 unspecified atom stereocenters. The van der Waals surface area contributed by atoms with Gasteiger partial charge in [0.1, 0.15) is 6.10 Å². The standard InChI is InChI=1S/C20H30O5/c1-2-18(21)14-11-9-7-5-3-4-6-8-10-12-15-19(25-24)16-13-17-20(22)23/h3-4,7-12,14-15,18-19,21,24H,2,5-6,13,16-17H2,1H3,(H,22,23)/p-1/b4-3-,9-7-,10-8-,14-11+,15-12+/t18-,19-/m1/s1. The van der Waals surface area contributed by atoms with E-state index in [2.05, 4.69) is 4.89 Å². The van der Waals surface area contributed by atoms with Crippen LogP contribution in [0.4, 0.5) is 0 Å². The zero-order valence-corrected chi connectivity index (χ0v) is 14.8. The van der Waals surface area contributed by atoms with E-state index in [1.807, 2.05) is 49.5 Å². The van der Waals surface area contributed by atoms with E-state index in [1.54, 1.807) is 18.2 Å². The molecule has 0 spiro atoms. The molecule has 0 aliphatic carbocycles. The van der Waals surface area contributed by atoms with E-state index in [4.69, 9.17) is 5.26 Å². The van der Waals surface area contributed by atoms with Gasteiger partial charge >= 0.3 is 0 Å². The van der Waals surface area contributed by atoms with Crippen LogP contribution in [0.15, 0.2) is 60.8 Å². The largest absolute Gasteiger partial charge is 0.550 e. The van der Waals surface area contributed by atoms with Crippen LogP contribution in [-0.2, 0) is 9.68 Å². The summed E-state index contributed by atoms with van der Waals surface area (Å²) in [5.74, 6) is -1.10. The number of carbonyl (C=O) groups is 1. The minimum atomic E-state index is -1.10. The van der Waals surface area contributed by atoms with Crippen molar-refractivity contribution in [1.82, 2.24) is 0 Å². The predicted molar refractivity (Wildman–Crippen MR) is 97.6 cm³/mol. The van der Waals surface area contributed by atoms with Crippen LogP contribution in [0.5, 0.6) is 0 Å². The molecule has 2 atom stereocenters. The van der Waals surface area contributed by atoms with Crippen LogP contribution < -0.4 is 5.11 Å². The second kappa shape index (κ2) is 16.9. The summed E-state index contributed by atoms with van der Waals surface area (Å²) < 4.78 is 0. The summed E-state index contributed by atoms with van der Waals surface area (Å²) in [5, 5.41) is 28.3.